The Hall–Kier alpha value is -2.75. The Morgan fingerprint density at radius 2 is 2.04 bits per heavy atom. The molecule has 0 aliphatic heterocycles. The molecule has 128 valence electrons. The van der Waals surface area contributed by atoms with Crippen molar-refractivity contribution < 1.29 is 24.2 Å². The van der Waals surface area contributed by atoms with Crippen LogP contribution in [0.1, 0.15) is 22.2 Å². The summed E-state index contributed by atoms with van der Waals surface area (Å²) in [5, 5.41) is 14.2. The van der Waals surface area contributed by atoms with Gasteiger partial charge in [0, 0.05) is 0 Å². The van der Waals surface area contributed by atoms with Crippen LogP contribution in [0.2, 0.25) is 0 Å². The molecule has 0 aromatic carbocycles. The maximum absolute atomic E-state index is 12.0. The molecular weight excluding hydrogens is 336 g/mol. The molecule has 2 aromatic heterocycles. The van der Waals surface area contributed by atoms with Gasteiger partial charge in [0.15, 0.2) is 0 Å². The second kappa shape index (κ2) is 7.68. The number of aryl methyl sites for hydroxylation is 1. The number of carbonyl (C=O) groups excluding carboxylic acids is 2. The minimum absolute atomic E-state index is 0.149. The number of nitrogens with zero attached hydrogens (tertiary/aromatic N) is 2. The average molecular weight is 352 g/mol. The molecule has 3 N–H and O–H groups in total. The van der Waals surface area contributed by atoms with Crippen LogP contribution in [0.5, 0.6) is 0 Å². The number of aliphatic carboxylic acids is 1. The summed E-state index contributed by atoms with van der Waals surface area (Å²) in [6.07, 6.45) is 1.32. The Labute approximate surface area is 141 Å². The number of thiophene rings is 1. The first kappa shape index (κ1) is 17.6. The number of hydrogen-bond donors (Lipinski definition) is 3. The first-order valence-corrected chi connectivity index (χ1v) is 7.89. The lowest BCUT2D eigenvalue weighted by molar-refractivity contribution is -0.137. The highest BCUT2D eigenvalue weighted by Crippen LogP contribution is 2.33. The zero-order valence-electron chi connectivity index (χ0n) is 13.1. The van der Waals surface area contributed by atoms with E-state index in [-0.39, 0.29) is 13.2 Å². The summed E-state index contributed by atoms with van der Waals surface area (Å²) >= 11 is 1.19. The molecular formula is C14H16N4O5S. The van der Waals surface area contributed by atoms with Gasteiger partial charge in [-0.3, -0.25) is 9.59 Å². The van der Waals surface area contributed by atoms with Gasteiger partial charge < -0.3 is 20.5 Å². The van der Waals surface area contributed by atoms with E-state index in [1.807, 2.05) is 0 Å². The van der Waals surface area contributed by atoms with Crippen molar-refractivity contribution in [1.29, 1.82) is 0 Å². The molecule has 0 atom stereocenters. The lowest BCUT2D eigenvalue weighted by Crippen LogP contribution is -2.34. The Balaban J connectivity index is 2.20. The van der Waals surface area contributed by atoms with Crippen molar-refractivity contribution in [2.45, 2.75) is 13.8 Å². The molecule has 0 aliphatic carbocycles. The number of carboxylic acid groups (broad SMARTS) is 1. The largest absolute Gasteiger partial charge is 0.480 e. The van der Waals surface area contributed by atoms with Crippen LogP contribution in [-0.4, -0.2) is 52.6 Å². The predicted molar refractivity (Wildman–Crippen MR) is 87.2 cm³/mol. The molecule has 2 heterocycles. The summed E-state index contributed by atoms with van der Waals surface area (Å²) in [7, 11) is 0. The van der Waals surface area contributed by atoms with E-state index in [4.69, 9.17) is 9.84 Å². The molecule has 0 bridgehead atoms. The van der Waals surface area contributed by atoms with E-state index in [0.29, 0.717) is 26.5 Å². The zero-order valence-corrected chi connectivity index (χ0v) is 13.9. The van der Waals surface area contributed by atoms with Crippen molar-refractivity contribution in [2.75, 3.05) is 25.0 Å². The Morgan fingerprint density at radius 3 is 2.71 bits per heavy atom. The molecule has 0 spiro atoms. The molecule has 1 amide bonds. The summed E-state index contributed by atoms with van der Waals surface area (Å²) in [6.45, 7) is 3.15. The van der Waals surface area contributed by atoms with Crippen molar-refractivity contribution >= 4 is 45.2 Å². The number of amides is 1. The zero-order chi connectivity index (χ0) is 17.7. The van der Waals surface area contributed by atoms with Crippen molar-refractivity contribution in [3.05, 3.63) is 16.8 Å². The highest BCUT2D eigenvalue weighted by atomic mass is 32.1. The van der Waals surface area contributed by atoms with Crippen molar-refractivity contribution in [1.82, 2.24) is 15.3 Å². The minimum atomic E-state index is -1.12. The Morgan fingerprint density at radius 1 is 1.29 bits per heavy atom. The molecule has 0 unspecified atom stereocenters. The summed E-state index contributed by atoms with van der Waals surface area (Å²) in [5.74, 6) is -1.64. The fraction of sp³-hybridized carbons (Fsp3) is 0.357. The van der Waals surface area contributed by atoms with Gasteiger partial charge in [0.05, 0.1) is 18.5 Å². The fourth-order valence-electron chi connectivity index (χ4n) is 2.00. The van der Waals surface area contributed by atoms with Crippen LogP contribution in [0.15, 0.2) is 6.33 Å². The van der Waals surface area contributed by atoms with Gasteiger partial charge in [-0.15, -0.1) is 11.3 Å². The molecule has 0 saturated heterocycles. The number of carboxylic acids is 1. The van der Waals surface area contributed by atoms with Crippen molar-refractivity contribution in [3.63, 3.8) is 0 Å². The average Bonchev–Trinajstić information content (AvgIpc) is 2.89. The summed E-state index contributed by atoms with van der Waals surface area (Å²) < 4.78 is 5.01. The van der Waals surface area contributed by atoms with E-state index in [2.05, 4.69) is 20.6 Å². The lowest BCUT2D eigenvalue weighted by atomic mass is 10.2. The maximum Gasteiger partial charge on any atom is 0.348 e. The van der Waals surface area contributed by atoms with Crippen LogP contribution in [0, 0.1) is 6.92 Å². The number of aromatic nitrogens is 2. The van der Waals surface area contributed by atoms with E-state index in [1.165, 1.54) is 17.7 Å². The Kier molecular flexibility index (Phi) is 5.64. The molecule has 24 heavy (non-hydrogen) atoms. The lowest BCUT2D eigenvalue weighted by Gasteiger charge is -2.07. The third-order valence-corrected chi connectivity index (χ3v) is 4.22. The van der Waals surface area contributed by atoms with Crippen LogP contribution in [0.25, 0.3) is 10.2 Å². The minimum Gasteiger partial charge on any atom is -0.480 e. The standard InChI is InChI=1S/C14H16N4O5S/c1-3-23-14(22)11-7(2)10-12(17-6-18-13(10)24-11)16-4-8(19)15-5-9(20)21/h6H,3-5H2,1-2H3,(H,15,19)(H,20,21)(H,16,17,18). The third-order valence-electron chi connectivity index (χ3n) is 3.04. The number of hydrogen-bond acceptors (Lipinski definition) is 8. The highest BCUT2D eigenvalue weighted by Gasteiger charge is 2.20. The van der Waals surface area contributed by atoms with Crippen molar-refractivity contribution in [2.24, 2.45) is 0 Å². The van der Waals surface area contributed by atoms with E-state index < -0.39 is 24.4 Å². The molecule has 0 saturated carbocycles. The SMILES string of the molecule is CCOC(=O)c1sc2ncnc(NCC(=O)NCC(=O)O)c2c1C. The van der Waals surface area contributed by atoms with Crippen LogP contribution in [0.4, 0.5) is 5.82 Å². The van der Waals surface area contributed by atoms with Gasteiger partial charge in [-0.2, -0.15) is 0 Å². The number of carbonyl (C=O) groups is 3. The Bertz CT molecular complexity index is 789. The third kappa shape index (κ3) is 3.96. The molecule has 0 radical (unpaired) electrons. The fourth-order valence-corrected chi connectivity index (χ4v) is 3.04. The first-order chi connectivity index (χ1) is 11.4. The van der Waals surface area contributed by atoms with Gasteiger partial charge in [-0.1, -0.05) is 0 Å². The number of esters is 1. The van der Waals surface area contributed by atoms with Crippen LogP contribution in [0.3, 0.4) is 0 Å². The first-order valence-electron chi connectivity index (χ1n) is 7.07. The smallest absolute Gasteiger partial charge is 0.348 e. The summed E-state index contributed by atoms with van der Waals surface area (Å²) in [5.41, 5.74) is 0.669. The number of ether oxygens (including phenoxy) is 1. The van der Waals surface area contributed by atoms with Crippen LogP contribution < -0.4 is 10.6 Å². The topological polar surface area (TPSA) is 131 Å². The monoisotopic (exact) mass is 352 g/mol. The van der Waals surface area contributed by atoms with E-state index in [9.17, 15) is 14.4 Å². The van der Waals surface area contributed by atoms with E-state index in [1.54, 1.807) is 13.8 Å². The van der Waals surface area contributed by atoms with Crippen LogP contribution >= 0.6 is 11.3 Å². The van der Waals surface area contributed by atoms with Gasteiger partial charge in [0.25, 0.3) is 0 Å². The number of rotatable bonds is 7. The van der Waals surface area contributed by atoms with Crippen molar-refractivity contribution in [3.8, 4) is 0 Å². The van der Waals surface area contributed by atoms with E-state index >= 15 is 0 Å². The molecule has 2 aromatic rings. The van der Waals surface area contributed by atoms with Gasteiger partial charge in [0.1, 0.15) is 28.4 Å². The molecule has 0 fully saturated rings. The van der Waals surface area contributed by atoms with Crippen LogP contribution in [-0.2, 0) is 14.3 Å². The second-order valence-corrected chi connectivity index (χ2v) is 5.70. The predicted octanol–water partition coefficient (Wildman–Crippen LogP) is 0.789. The van der Waals surface area contributed by atoms with Gasteiger partial charge in [0.2, 0.25) is 5.91 Å². The quantitative estimate of drug-likeness (QED) is 0.623. The summed E-state index contributed by atoms with van der Waals surface area (Å²) in [6, 6.07) is 0. The molecule has 0 aliphatic rings. The highest BCUT2D eigenvalue weighted by molar-refractivity contribution is 7.20. The summed E-state index contributed by atoms with van der Waals surface area (Å²) in [4.78, 5) is 43.2. The van der Waals surface area contributed by atoms with E-state index in [0.717, 1.165) is 0 Å². The number of fused-ring (bicyclic) bond motifs is 1. The molecule has 9 nitrogen and oxygen atoms in total. The van der Waals surface area contributed by atoms with Gasteiger partial charge in [-0.05, 0) is 19.4 Å². The van der Waals surface area contributed by atoms with Gasteiger partial charge >= 0.3 is 11.9 Å². The number of nitrogens with one attached hydrogen (secondary N) is 2. The van der Waals surface area contributed by atoms with Gasteiger partial charge in [-0.25, -0.2) is 14.8 Å². The molecule has 2 rings (SSSR count). The normalized spacial score (nSPS) is 10.4. The number of anilines is 1. The maximum atomic E-state index is 12.0. The molecule has 10 heteroatoms. The second-order valence-electron chi connectivity index (χ2n) is 4.70.